The third-order valence-corrected chi connectivity index (χ3v) is 5.61. The molecule has 6 nitrogen and oxygen atoms in total. The van der Waals surface area contributed by atoms with Crippen LogP contribution in [0.1, 0.15) is 52.7 Å². The normalized spacial score (nSPS) is 13.0. The number of rotatable bonds is 7. The zero-order chi connectivity index (χ0) is 23.2. The third kappa shape index (κ3) is 7.21. The van der Waals surface area contributed by atoms with E-state index in [2.05, 4.69) is 26.1 Å². The van der Waals surface area contributed by atoms with E-state index < -0.39 is 5.97 Å². The molecule has 0 unspecified atom stereocenters. The molecule has 0 spiro atoms. The summed E-state index contributed by atoms with van der Waals surface area (Å²) in [5, 5.41) is 2.81. The van der Waals surface area contributed by atoms with Gasteiger partial charge in [0.2, 0.25) is 5.91 Å². The van der Waals surface area contributed by atoms with Crippen molar-refractivity contribution in [1.82, 2.24) is 9.88 Å². The van der Waals surface area contributed by atoms with E-state index in [0.29, 0.717) is 21.7 Å². The molecule has 0 atom stereocenters. The van der Waals surface area contributed by atoms with Crippen LogP contribution in [0.15, 0.2) is 29.1 Å². The number of ether oxygens (including phenoxy) is 1. The van der Waals surface area contributed by atoms with Gasteiger partial charge in [-0.3, -0.25) is 14.2 Å². The average Bonchev–Trinajstić information content (AvgIpc) is 2.95. The summed E-state index contributed by atoms with van der Waals surface area (Å²) in [6.45, 7) is 12.7. The van der Waals surface area contributed by atoms with Gasteiger partial charge in [-0.1, -0.05) is 58.9 Å². The van der Waals surface area contributed by atoms with E-state index >= 15 is 0 Å². The Morgan fingerprint density at radius 3 is 2.39 bits per heavy atom. The Bertz CT molecular complexity index is 1090. The fraction of sp³-hybridized carbons (Fsp3) is 0.458. The van der Waals surface area contributed by atoms with E-state index in [9.17, 15) is 14.4 Å². The monoisotopic (exact) mass is 444 g/mol. The van der Waals surface area contributed by atoms with Crippen LogP contribution in [-0.2, 0) is 26.3 Å². The summed E-state index contributed by atoms with van der Waals surface area (Å²) >= 11 is 1.17. The van der Waals surface area contributed by atoms with Crippen molar-refractivity contribution in [2.24, 2.45) is 5.92 Å². The molecule has 2 rings (SSSR count). The molecule has 1 aromatic heterocycles. The van der Waals surface area contributed by atoms with Crippen molar-refractivity contribution in [1.29, 1.82) is 0 Å². The molecule has 0 fully saturated rings. The Labute approximate surface area is 187 Å². The highest BCUT2D eigenvalue weighted by Gasteiger charge is 2.13. The molecule has 0 aliphatic carbocycles. The summed E-state index contributed by atoms with van der Waals surface area (Å²) in [5.74, 6) is -0.511. The number of carbonyl (C=O) groups is 2. The van der Waals surface area contributed by atoms with Crippen molar-refractivity contribution >= 4 is 35.4 Å². The number of hydrogen-bond donors (Lipinski definition) is 1. The SMILES string of the molecule is CCOC(=O)C=c1sc(=Cc2ccc(C(C)(C)C)cc2)c(=O)n1CC(=O)NCC(C)C. The van der Waals surface area contributed by atoms with Gasteiger partial charge in [-0.05, 0) is 35.5 Å². The van der Waals surface area contributed by atoms with Gasteiger partial charge >= 0.3 is 5.97 Å². The quantitative estimate of drug-likeness (QED) is 0.664. The topological polar surface area (TPSA) is 77.4 Å². The molecule has 0 aliphatic rings. The number of thiazole rings is 1. The van der Waals surface area contributed by atoms with Crippen LogP contribution in [0.5, 0.6) is 0 Å². The largest absolute Gasteiger partial charge is 0.463 e. The van der Waals surface area contributed by atoms with Gasteiger partial charge in [-0.15, -0.1) is 11.3 Å². The maximum Gasteiger partial charge on any atom is 0.333 e. The lowest BCUT2D eigenvalue weighted by molar-refractivity contribution is -0.135. The fourth-order valence-electron chi connectivity index (χ4n) is 2.83. The number of carbonyl (C=O) groups excluding carboxylic acids is 2. The van der Waals surface area contributed by atoms with Crippen molar-refractivity contribution in [3.63, 3.8) is 0 Å². The lowest BCUT2D eigenvalue weighted by Gasteiger charge is -2.18. The highest BCUT2D eigenvalue weighted by Crippen LogP contribution is 2.22. The summed E-state index contributed by atoms with van der Waals surface area (Å²) in [6, 6.07) is 8.02. The summed E-state index contributed by atoms with van der Waals surface area (Å²) in [6.07, 6.45) is 3.05. The molecule has 31 heavy (non-hydrogen) atoms. The number of esters is 1. The van der Waals surface area contributed by atoms with E-state index in [-0.39, 0.29) is 30.0 Å². The molecule has 1 N–H and O–H groups in total. The molecular weight excluding hydrogens is 412 g/mol. The molecule has 0 radical (unpaired) electrons. The van der Waals surface area contributed by atoms with Crippen LogP contribution in [0, 0.1) is 5.92 Å². The first-order chi connectivity index (χ1) is 14.5. The lowest BCUT2D eigenvalue weighted by atomic mass is 9.87. The molecule has 2 aromatic rings. The Balaban J connectivity index is 2.48. The fourth-order valence-corrected chi connectivity index (χ4v) is 3.86. The van der Waals surface area contributed by atoms with Gasteiger partial charge in [-0.25, -0.2) is 4.79 Å². The van der Waals surface area contributed by atoms with Crippen molar-refractivity contribution in [3.8, 4) is 0 Å². The third-order valence-electron chi connectivity index (χ3n) is 4.55. The molecule has 1 heterocycles. The van der Waals surface area contributed by atoms with Gasteiger partial charge < -0.3 is 10.1 Å². The molecular formula is C24H32N2O4S. The van der Waals surface area contributed by atoms with Gasteiger partial charge in [0.1, 0.15) is 11.2 Å². The number of nitrogens with one attached hydrogen (secondary N) is 1. The van der Waals surface area contributed by atoms with Crippen molar-refractivity contribution in [2.75, 3.05) is 13.2 Å². The molecule has 0 saturated carbocycles. The van der Waals surface area contributed by atoms with Crippen LogP contribution in [0.2, 0.25) is 0 Å². The minimum absolute atomic E-state index is 0.0410. The maximum atomic E-state index is 13.0. The molecule has 0 saturated heterocycles. The summed E-state index contributed by atoms with van der Waals surface area (Å²) < 4.78 is 7.15. The standard InChI is InChI=1S/C24H32N2O4S/c1-7-30-22(28)13-21-26(15-20(27)25-14-16(2)3)23(29)19(31-21)12-17-8-10-18(11-9-17)24(4,5)6/h8-13,16H,7,14-15H2,1-6H3,(H,25,27). The number of benzene rings is 1. The molecule has 1 aromatic carbocycles. The molecule has 0 bridgehead atoms. The lowest BCUT2D eigenvalue weighted by Crippen LogP contribution is -2.39. The minimum Gasteiger partial charge on any atom is -0.463 e. The zero-order valence-electron chi connectivity index (χ0n) is 19.2. The van der Waals surface area contributed by atoms with Crippen molar-refractivity contribution in [3.05, 3.63) is 54.9 Å². The Hall–Kier alpha value is -2.67. The van der Waals surface area contributed by atoms with Gasteiger partial charge in [0, 0.05) is 6.54 Å². The Morgan fingerprint density at radius 1 is 1.19 bits per heavy atom. The van der Waals surface area contributed by atoms with Crippen LogP contribution in [0.4, 0.5) is 0 Å². The first kappa shape index (κ1) is 24.6. The van der Waals surface area contributed by atoms with E-state index in [1.807, 2.05) is 38.1 Å². The predicted octanol–water partition coefficient (Wildman–Crippen LogP) is 2.15. The van der Waals surface area contributed by atoms with Gasteiger partial charge in [0.25, 0.3) is 5.56 Å². The van der Waals surface area contributed by atoms with Gasteiger partial charge in [0.05, 0.1) is 17.2 Å². The molecule has 0 aliphatic heterocycles. The Morgan fingerprint density at radius 2 is 1.84 bits per heavy atom. The van der Waals surface area contributed by atoms with E-state index in [1.54, 1.807) is 13.0 Å². The van der Waals surface area contributed by atoms with Gasteiger partial charge in [-0.2, -0.15) is 0 Å². The first-order valence-corrected chi connectivity index (χ1v) is 11.3. The second-order valence-electron chi connectivity index (χ2n) is 8.81. The highest BCUT2D eigenvalue weighted by atomic mass is 32.1. The second-order valence-corrected chi connectivity index (χ2v) is 9.87. The smallest absolute Gasteiger partial charge is 0.333 e. The first-order valence-electron chi connectivity index (χ1n) is 10.5. The van der Waals surface area contributed by atoms with E-state index in [4.69, 9.17) is 4.74 Å². The Kier molecular flexibility index (Phi) is 8.39. The summed E-state index contributed by atoms with van der Waals surface area (Å²) in [7, 11) is 0. The van der Waals surface area contributed by atoms with Crippen LogP contribution in [-0.4, -0.2) is 29.6 Å². The number of hydrogen-bond acceptors (Lipinski definition) is 5. The van der Waals surface area contributed by atoms with Crippen molar-refractivity contribution < 1.29 is 14.3 Å². The highest BCUT2D eigenvalue weighted by molar-refractivity contribution is 7.07. The molecule has 7 heteroatoms. The van der Waals surface area contributed by atoms with E-state index in [1.165, 1.54) is 27.5 Å². The van der Waals surface area contributed by atoms with Crippen LogP contribution < -0.4 is 20.1 Å². The van der Waals surface area contributed by atoms with E-state index in [0.717, 1.165) is 5.56 Å². The minimum atomic E-state index is -0.541. The van der Waals surface area contributed by atoms with Crippen LogP contribution in [0.25, 0.3) is 12.2 Å². The van der Waals surface area contributed by atoms with Crippen LogP contribution >= 0.6 is 11.3 Å². The van der Waals surface area contributed by atoms with Crippen molar-refractivity contribution in [2.45, 2.75) is 53.5 Å². The molecule has 168 valence electrons. The number of amides is 1. The van der Waals surface area contributed by atoms with Gasteiger partial charge in [0.15, 0.2) is 0 Å². The van der Waals surface area contributed by atoms with Crippen LogP contribution in [0.3, 0.4) is 0 Å². The summed E-state index contributed by atoms with van der Waals surface area (Å²) in [4.78, 5) is 37.3. The average molecular weight is 445 g/mol. The zero-order valence-corrected chi connectivity index (χ0v) is 20.0. The number of nitrogens with zero attached hydrogens (tertiary/aromatic N) is 1. The molecule has 1 amide bonds. The second kappa shape index (κ2) is 10.6. The maximum absolute atomic E-state index is 13.0. The predicted molar refractivity (Wildman–Crippen MR) is 125 cm³/mol. The number of aromatic nitrogens is 1. The summed E-state index contributed by atoms with van der Waals surface area (Å²) in [5.41, 5.74) is 1.82.